The van der Waals surface area contributed by atoms with Gasteiger partial charge in [0, 0.05) is 6.04 Å². The zero-order valence-corrected chi connectivity index (χ0v) is 10.8. The number of carbonyl (C=O) groups is 1. The van der Waals surface area contributed by atoms with Crippen molar-refractivity contribution in [1.82, 2.24) is 5.32 Å². The fourth-order valence-corrected chi connectivity index (χ4v) is 2.38. The molecule has 1 aliphatic carbocycles. The van der Waals surface area contributed by atoms with E-state index in [0.717, 1.165) is 18.2 Å². The Labute approximate surface area is 110 Å². The highest BCUT2D eigenvalue weighted by Crippen LogP contribution is 2.15. The van der Waals surface area contributed by atoms with Crippen LogP contribution in [0.15, 0.2) is 35.2 Å². The molecule has 5 nitrogen and oxygen atoms in total. The van der Waals surface area contributed by atoms with E-state index in [9.17, 15) is 17.6 Å². The lowest BCUT2D eigenvalue weighted by molar-refractivity contribution is 0.0934. The molecule has 0 fully saturated rings. The summed E-state index contributed by atoms with van der Waals surface area (Å²) in [6.07, 6.45) is 5.29. The summed E-state index contributed by atoms with van der Waals surface area (Å²) in [5.74, 6) is -1.47. The minimum Gasteiger partial charge on any atom is -0.349 e. The largest absolute Gasteiger partial charge is 0.349 e. The minimum atomic E-state index is -3.97. The highest BCUT2D eigenvalue weighted by molar-refractivity contribution is 7.89. The summed E-state index contributed by atoms with van der Waals surface area (Å²) >= 11 is 0. The molecule has 2 rings (SSSR count). The molecule has 1 aromatic carbocycles. The summed E-state index contributed by atoms with van der Waals surface area (Å²) in [4.78, 5) is 11.5. The van der Waals surface area contributed by atoms with Crippen LogP contribution in [0.25, 0.3) is 0 Å². The fraction of sp³-hybridized carbons (Fsp3) is 0.250. The molecule has 0 aliphatic heterocycles. The third-order valence-corrected chi connectivity index (χ3v) is 3.77. The van der Waals surface area contributed by atoms with Gasteiger partial charge in [0.15, 0.2) is 0 Å². The summed E-state index contributed by atoms with van der Waals surface area (Å²) in [5, 5.41) is 7.55. The Bertz CT molecular complexity index is 632. The minimum absolute atomic E-state index is 0.0372. The lowest BCUT2D eigenvalue weighted by atomic mass is 10.1. The van der Waals surface area contributed by atoms with Gasteiger partial charge in [-0.1, -0.05) is 12.2 Å². The van der Waals surface area contributed by atoms with E-state index in [0.29, 0.717) is 12.8 Å². The second-order valence-electron chi connectivity index (χ2n) is 4.30. The van der Waals surface area contributed by atoms with Crippen LogP contribution in [0.5, 0.6) is 0 Å². The van der Waals surface area contributed by atoms with Gasteiger partial charge in [0.05, 0.1) is 10.5 Å². The van der Waals surface area contributed by atoms with Crippen LogP contribution < -0.4 is 10.5 Å². The molecule has 102 valence electrons. The number of amides is 1. The standard InChI is InChI=1S/C12H13FN2O3S/c13-11-7-9(19(14,17)18)5-6-10(11)12(16)15-8-3-1-2-4-8/h1-2,5-8H,3-4H2,(H,15,16)(H2,14,17,18). The van der Waals surface area contributed by atoms with Gasteiger partial charge in [0.1, 0.15) is 5.82 Å². The number of primary sulfonamides is 1. The van der Waals surface area contributed by atoms with Gasteiger partial charge in [0.25, 0.3) is 5.91 Å². The van der Waals surface area contributed by atoms with Gasteiger partial charge in [-0.2, -0.15) is 0 Å². The molecule has 19 heavy (non-hydrogen) atoms. The van der Waals surface area contributed by atoms with Crippen LogP contribution in [0.3, 0.4) is 0 Å². The van der Waals surface area contributed by atoms with Crippen LogP contribution in [-0.4, -0.2) is 20.4 Å². The number of hydrogen-bond donors (Lipinski definition) is 2. The van der Waals surface area contributed by atoms with E-state index >= 15 is 0 Å². The molecule has 0 spiro atoms. The Morgan fingerprint density at radius 1 is 1.32 bits per heavy atom. The third kappa shape index (κ3) is 3.18. The van der Waals surface area contributed by atoms with Gasteiger partial charge in [-0.15, -0.1) is 0 Å². The third-order valence-electron chi connectivity index (χ3n) is 2.86. The molecule has 0 heterocycles. The maximum Gasteiger partial charge on any atom is 0.254 e. The van der Waals surface area contributed by atoms with E-state index in [1.807, 2.05) is 12.2 Å². The molecule has 1 aliphatic rings. The predicted octanol–water partition coefficient (Wildman–Crippen LogP) is 0.921. The van der Waals surface area contributed by atoms with Crippen molar-refractivity contribution >= 4 is 15.9 Å². The maximum absolute atomic E-state index is 13.7. The Hall–Kier alpha value is -1.73. The van der Waals surface area contributed by atoms with E-state index in [1.165, 1.54) is 0 Å². The van der Waals surface area contributed by atoms with Crippen LogP contribution in [-0.2, 0) is 10.0 Å². The van der Waals surface area contributed by atoms with Crippen LogP contribution in [0.1, 0.15) is 23.2 Å². The van der Waals surface area contributed by atoms with Gasteiger partial charge in [0.2, 0.25) is 10.0 Å². The second-order valence-corrected chi connectivity index (χ2v) is 5.86. The number of hydrogen-bond acceptors (Lipinski definition) is 3. The molecule has 0 aromatic heterocycles. The Kier molecular flexibility index (Phi) is 3.68. The van der Waals surface area contributed by atoms with Crippen molar-refractivity contribution in [2.45, 2.75) is 23.8 Å². The van der Waals surface area contributed by atoms with Crippen molar-refractivity contribution in [3.05, 3.63) is 41.7 Å². The highest BCUT2D eigenvalue weighted by atomic mass is 32.2. The molecule has 0 saturated heterocycles. The van der Waals surface area contributed by atoms with E-state index in [2.05, 4.69) is 5.32 Å². The molecule has 0 saturated carbocycles. The van der Waals surface area contributed by atoms with Crippen LogP contribution in [0.2, 0.25) is 0 Å². The van der Waals surface area contributed by atoms with Crippen molar-refractivity contribution in [2.24, 2.45) is 5.14 Å². The predicted molar refractivity (Wildman–Crippen MR) is 67.4 cm³/mol. The van der Waals surface area contributed by atoms with Gasteiger partial charge in [-0.25, -0.2) is 17.9 Å². The number of rotatable bonds is 3. The van der Waals surface area contributed by atoms with Crippen LogP contribution >= 0.6 is 0 Å². The fourth-order valence-electron chi connectivity index (χ4n) is 1.86. The van der Waals surface area contributed by atoms with Crippen molar-refractivity contribution in [3.63, 3.8) is 0 Å². The SMILES string of the molecule is NS(=O)(=O)c1ccc(C(=O)NC2CC=CC2)c(F)c1. The van der Waals surface area contributed by atoms with Gasteiger partial charge < -0.3 is 5.32 Å². The van der Waals surface area contributed by atoms with Gasteiger partial charge in [-0.3, -0.25) is 4.79 Å². The van der Waals surface area contributed by atoms with Gasteiger partial charge in [-0.05, 0) is 31.0 Å². The first-order chi connectivity index (χ1) is 8.88. The summed E-state index contributed by atoms with van der Waals surface area (Å²) < 4.78 is 35.8. The molecule has 7 heteroatoms. The zero-order valence-electron chi connectivity index (χ0n) is 9.97. The molecule has 1 amide bonds. The first-order valence-corrected chi connectivity index (χ1v) is 7.21. The Balaban J connectivity index is 2.18. The van der Waals surface area contributed by atoms with Crippen molar-refractivity contribution in [2.75, 3.05) is 0 Å². The monoisotopic (exact) mass is 284 g/mol. The first kappa shape index (κ1) is 13.7. The highest BCUT2D eigenvalue weighted by Gasteiger charge is 2.19. The smallest absolute Gasteiger partial charge is 0.254 e. The Morgan fingerprint density at radius 2 is 1.95 bits per heavy atom. The van der Waals surface area contributed by atoms with E-state index < -0.39 is 21.7 Å². The maximum atomic E-state index is 13.7. The first-order valence-electron chi connectivity index (χ1n) is 5.66. The summed E-state index contributed by atoms with van der Waals surface area (Å²) in [5.41, 5.74) is -0.195. The molecule has 0 radical (unpaired) electrons. The molecular weight excluding hydrogens is 271 g/mol. The average molecular weight is 284 g/mol. The van der Waals surface area contributed by atoms with Crippen molar-refractivity contribution in [1.29, 1.82) is 0 Å². The lowest BCUT2D eigenvalue weighted by Crippen LogP contribution is -2.33. The van der Waals surface area contributed by atoms with Crippen molar-refractivity contribution < 1.29 is 17.6 Å². The number of sulfonamides is 1. The molecule has 1 aromatic rings. The molecular formula is C12H13FN2O3S. The number of halogens is 1. The number of benzene rings is 1. The second kappa shape index (κ2) is 5.10. The summed E-state index contributed by atoms with van der Waals surface area (Å²) in [7, 11) is -3.97. The molecule has 0 unspecified atom stereocenters. The van der Waals surface area contributed by atoms with Crippen LogP contribution in [0.4, 0.5) is 4.39 Å². The quantitative estimate of drug-likeness (QED) is 0.809. The number of nitrogens with one attached hydrogen (secondary N) is 1. The van der Waals surface area contributed by atoms with Crippen molar-refractivity contribution in [3.8, 4) is 0 Å². The lowest BCUT2D eigenvalue weighted by Gasteiger charge is -2.12. The molecule has 0 bridgehead atoms. The van der Waals surface area contributed by atoms with E-state index in [1.54, 1.807) is 0 Å². The summed E-state index contributed by atoms with van der Waals surface area (Å²) in [6, 6.07) is 2.94. The normalized spacial score (nSPS) is 15.7. The number of carbonyl (C=O) groups excluding carboxylic acids is 1. The van der Waals surface area contributed by atoms with Gasteiger partial charge >= 0.3 is 0 Å². The Morgan fingerprint density at radius 3 is 2.47 bits per heavy atom. The summed E-state index contributed by atoms with van der Waals surface area (Å²) in [6.45, 7) is 0. The number of nitrogens with two attached hydrogens (primary N) is 1. The van der Waals surface area contributed by atoms with E-state index in [4.69, 9.17) is 5.14 Å². The zero-order chi connectivity index (χ0) is 14.0. The molecule has 3 N–H and O–H groups in total. The van der Waals surface area contributed by atoms with Crippen LogP contribution in [0, 0.1) is 5.82 Å². The topological polar surface area (TPSA) is 89.3 Å². The average Bonchev–Trinajstić information content (AvgIpc) is 2.80. The molecule has 0 atom stereocenters. The van der Waals surface area contributed by atoms with E-state index in [-0.39, 0.29) is 16.5 Å².